The molecule has 0 unspecified atom stereocenters. The van der Waals surface area contributed by atoms with Crippen LogP contribution in [0.15, 0.2) is 123 Å². The average Bonchev–Trinajstić information content (AvgIpc) is 3.67. The van der Waals surface area contributed by atoms with Crippen LogP contribution >= 0.6 is 31.9 Å². The van der Waals surface area contributed by atoms with E-state index in [4.69, 9.17) is 4.74 Å². The van der Waals surface area contributed by atoms with Gasteiger partial charge in [0, 0.05) is 45.3 Å². The van der Waals surface area contributed by atoms with Crippen molar-refractivity contribution in [1.82, 2.24) is 19.6 Å². The number of aromatic amines is 1. The maximum atomic E-state index is 12.6. The van der Waals surface area contributed by atoms with Crippen molar-refractivity contribution < 1.29 is 35.5 Å². The fourth-order valence-corrected chi connectivity index (χ4v) is 5.40. The first-order valence-electron chi connectivity index (χ1n) is 15.1. The molecule has 0 atom stereocenters. The molecule has 15 heteroatoms. The van der Waals surface area contributed by atoms with Crippen molar-refractivity contribution in [2.24, 2.45) is 0 Å². The molecule has 0 saturated carbocycles. The van der Waals surface area contributed by atoms with Gasteiger partial charge in [-0.1, -0.05) is 56.1 Å². The number of nitrogens with one attached hydrogen (secondary N) is 1. The Bertz CT molecular complexity index is 2090. The molecule has 268 valence electrons. The van der Waals surface area contributed by atoms with Gasteiger partial charge in [-0.25, -0.2) is 4.39 Å². The Morgan fingerprint density at radius 3 is 1.67 bits per heavy atom. The highest BCUT2D eigenvalue weighted by atomic mass is 79.9. The maximum Gasteiger partial charge on any atom is 0.416 e. The number of aryl methyl sites for hydroxylation is 2. The highest BCUT2D eigenvalue weighted by molar-refractivity contribution is 9.10. The van der Waals surface area contributed by atoms with Crippen LogP contribution in [-0.2, 0) is 25.4 Å². The number of ether oxygens (including phenoxy) is 1. The summed E-state index contributed by atoms with van der Waals surface area (Å²) in [5.74, 6) is -0.0378. The first-order chi connectivity index (χ1) is 24.1. The standard InChI is InChI=1S/C18H14BrF3N2O.C11H11BrN2O.C7H4F4/c1-2-24-16(12-4-3-5-14(19)10-12)11-17(23-24)25-15-8-6-13(7-9-15)18(20,21)22;1-2-14-10(7-11(15)13-14)8-4-3-5-9(12)6-8;8-6-3-1-5(2-4-6)7(9,10)11/h3-11H,2H2,1H3;3-7H,2H2,1H3,(H,13,15);1-4H. The molecule has 4 aromatic carbocycles. The molecule has 2 aromatic heterocycles. The van der Waals surface area contributed by atoms with Crippen LogP contribution in [0.3, 0.4) is 0 Å². The third kappa shape index (κ3) is 11.2. The lowest BCUT2D eigenvalue weighted by molar-refractivity contribution is -0.138. The molecular formula is C36H29Br2F7N4O2. The van der Waals surface area contributed by atoms with Gasteiger partial charge in [-0.3, -0.25) is 19.3 Å². The number of hydrogen-bond acceptors (Lipinski definition) is 3. The molecule has 0 bridgehead atoms. The van der Waals surface area contributed by atoms with Gasteiger partial charge in [-0.15, -0.1) is 5.10 Å². The smallest absolute Gasteiger partial charge is 0.416 e. The molecule has 6 nitrogen and oxygen atoms in total. The number of nitrogens with zero attached hydrogens (tertiary/aromatic N) is 3. The number of alkyl halides is 6. The van der Waals surface area contributed by atoms with Gasteiger partial charge in [-0.05, 0) is 86.6 Å². The molecule has 0 saturated heterocycles. The number of aromatic nitrogens is 4. The fraction of sp³-hybridized carbons (Fsp3) is 0.167. The van der Waals surface area contributed by atoms with E-state index >= 15 is 0 Å². The quantitative estimate of drug-likeness (QED) is 0.170. The summed E-state index contributed by atoms with van der Waals surface area (Å²) in [5.41, 5.74) is 2.17. The topological polar surface area (TPSA) is 64.8 Å². The second kappa shape index (κ2) is 17.1. The molecule has 6 rings (SSSR count). The number of rotatable bonds is 6. The van der Waals surface area contributed by atoms with Crippen LogP contribution in [0.25, 0.3) is 22.5 Å². The van der Waals surface area contributed by atoms with Gasteiger partial charge in [0.2, 0.25) is 5.88 Å². The van der Waals surface area contributed by atoms with Crippen molar-refractivity contribution in [3.8, 4) is 34.1 Å². The second-order valence-corrected chi connectivity index (χ2v) is 12.4. The van der Waals surface area contributed by atoms with Crippen molar-refractivity contribution in [3.05, 3.63) is 145 Å². The molecule has 0 aliphatic carbocycles. The highest BCUT2D eigenvalue weighted by Crippen LogP contribution is 2.33. The first-order valence-corrected chi connectivity index (χ1v) is 16.7. The van der Waals surface area contributed by atoms with Crippen LogP contribution in [0.2, 0.25) is 0 Å². The predicted octanol–water partition coefficient (Wildman–Crippen LogP) is 11.6. The van der Waals surface area contributed by atoms with E-state index in [0.29, 0.717) is 30.3 Å². The number of H-pyrrole nitrogens is 1. The Balaban J connectivity index is 0.000000190. The monoisotopic (exact) mass is 840 g/mol. The van der Waals surface area contributed by atoms with Gasteiger partial charge >= 0.3 is 12.4 Å². The molecule has 0 aliphatic heterocycles. The summed E-state index contributed by atoms with van der Waals surface area (Å²) in [6, 6.07) is 26.6. The summed E-state index contributed by atoms with van der Waals surface area (Å²) < 4.78 is 96.5. The van der Waals surface area contributed by atoms with Crippen molar-refractivity contribution >= 4 is 31.9 Å². The van der Waals surface area contributed by atoms with Gasteiger partial charge in [0.25, 0.3) is 5.56 Å². The third-order valence-electron chi connectivity index (χ3n) is 6.99. The van der Waals surface area contributed by atoms with Gasteiger partial charge in [0.15, 0.2) is 0 Å². The van der Waals surface area contributed by atoms with E-state index < -0.39 is 29.3 Å². The van der Waals surface area contributed by atoms with Gasteiger partial charge in [0.05, 0.1) is 22.5 Å². The van der Waals surface area contributed by atoms with E-state index in [1.165, 1.54) is 12.1 Å². The van der Waals surface area contributed by atoms with E-state index in [1.54, 1.807) is 16.8 Å². The minimum Gasteiger partial charge on any atom is -0.438 e. The van der Waals surface area contributed by atoms with E-state index in [2.05, 4.69) is 42.1 Å². The van der Waals surface area contributed by atoms with E-state index in [1.807, 2.05) is 67.1 Å². The summed E-state index contributed by atoms with van der Waals surface area (Å²) in [5, 5.41) is 7.12. The van der Waals surface area contributed by atoms with Crippen LogP contribution in [0.4, 0.5) is 30.7 Å². The molecule has 0 aliphatic rings. The summed E-state index contributed by atoms with van der Waals surface area (Å²) in [4.78, 5) is 11.2. The van der Waals surface area contributed by atoms with Gasteiger partial charge < -0.3 is 4.74 Å². The molecule has 1 N–H and O–H groups in total. The lowest BCUT2D eigenvalue weighted by Gasteiger charge is -2.07. The Morgan fingerprint density at radius 2 is 1.20 bits per heavy atom. The number of halogens is 9. The van der Waals surface area contributed by atoms with Gasteiger partial charge in [-0.2, -0.15) is 26.3 Å². The lowest BCUT2D eigenvalue weighted by atomic mass is 10.1. The van der Waals surface area contributed by atoms with Crippen molar-refractivity contribution in [2.45, 2.75) is 39.3 Å². The van der Waals surface area contributed by atoms with E-state index in [0.717, 1.165) is 62.3 Å². The summed E-state index contributed by atoms with van der Waals surface area (Å²) in [7, 11) is 0. The summed E-state index contributed by atoms with van der Waals surface area (Å²) >= 11 is 6.85. The molecule has 0 spiro atoms. The Labute approximate surface area is 304 Å². The molecule has 0 radical (unpaired) electrons. The minimum atomic E-state index is -4.38. The third-order valence-corrected chi connectivity index (χ3v) is 7.98. The predicted molar refractivity (Wildman–Crippen MR) is 188 cm³/mol. The van der Waals surface area contributed by atoms with Crippen molar-refractivity contribution in [3.63, 3.8) is 0 Å². The van der Waals surface area contributed by atoms with Crippen molar-refractivity contribution in [2.75, 3.05) is 0 Å². The Kier molecular flexibility index (Phi) is 13.1. The van der Waals surface area contributed by atoms with Crippen LogP contribution in [0, 0.1) is 5.82 Å². The Morgan fingerprint density at radius 1 is 0.686 bits per heavy atom. The largest absolute Gasteiger partial charge is 0.438 e. The SMILES string of the molecule is CCn1[nH]c(=O)cc1-c1cccc(Br)c1.CCn1nc(Oc2ccc(C(F)(F)F)cc2)cc1-c1cccc(Br)c1.Fc1ccc(C(F)(F)F)cc1. The second-order valence-electron chi connectivity index (χ2n) is 10.6. The van der Waals surface area contributed by atoms with E-state index in [9.17, 15) is 35.5 Å². The highest BCUT2D eigenvalue weighted by Gasteiger charge is 2.30. The molecule has 2 heterocycles. The zero-order chi connectivity index (χ0) is 37.3. The van der Waals surface area contributed by atoms with Crippen LogP contribution in [-0.4, -0.2) is 19.6 Å². The van der Waals surface area contributed by atoms with Crippen LogP contribution < -0.4 is 10.3 Å². The molecule has 6 aromatic rings. The Hall–Kier alpha value is -4.63. The lowest BCUT2D eigenvalue weighted by Crippen LogP contribution is -2.04. The van der Waals surface area contributed by atoms with E-state index in [-0.39, 0.29) is 5.56 Å². The maximum absolute atomic E-state index is 12.6. The molecule has 51 heavy (non-hydrogen) atoms. The summed E-state index contributed by atoms with van der Waals surface area (Å²) in [6.45, 7) is 5.34. The zero-order valence-electron chi connectivity index (χ0n) is 26.9. The van der Waals surface area contributed by atoms with Crippen LogP contribution in [0.5, 0.6) is 11.6 Å². The number of benzene rings is 4. The average molecular weight is 842 g/mol. The van der Waals surface area contributed by atoms with Crippen molar-refractivity contribution in [1.29, 1.82) is 0 Å². The normalized spacial score (nSPS) is 11.3. The van der Waals surface area contributed by atoms with Crippen LogP contribution in [0.1, 0.15) is 25.0 Å². The minimum absolute atomic E-state index is 0.0631. The molecular weight excluding hydrogens is 813 g/mol. The molecule has 0 amide bonds. The molecule has 0 fully saturated rings. The zero-order valence-corrected chi connectivity index (χ0v) is 30.0. The first kappa shape index (κ1) is 39.2. The fourth-order valence-electron chi connectivity index (χ4n) is 4.60. The summed E-state index contributed by atoms with van der Waals surface area (Å²) in [6.07, 6.45) is -8.75. The van der Waals surface area contributed by atoms with Gasteiger partial charge in [0.1, 0.15) is 11.6 Å². The number of hydrogen-bond donors (Lipinski definition) is 1.